The van der Waals surface area contributed by atoms with Crippen molar-refractivity contribution >= 4 is 29.8 Å². The number of methoxy groups -OCH3 is 1. The molecule has 1 rings (SSSR count). The van der Waals surface area contributed by atoms with E-state index in [2.05, 4.69) is 4.74 Å². The number of carbonyl (C=O) groups excluding carboxylic acids is 5. The van der Waals surface area contributed by atoms with E-state index in [1.807, 2.05) is 0 Å². The Kier molecular flexibility index (Phi) is 7.07. The maximum Gasteiger partial charge on any atom is 0.383 e. The number of hydrogen-bond acceptors (Lipinski definition) is 11. The summed E-state index contributed by atoms with van der Waals surface area (Å²) in [6.45, 7) is 3.64. The highest BCUT2D eigenvalue weighted by Gasteiger charge is 2.64. The van der Waals surface area contributed by atoms with Crippen molar-refractivity contribution < 1.29 is 52.4 Å². The molecule has 0 aromatic heterocycles. The van der Waals surface area contributed by atoms with Crippen LogP contribution in [0.2, 0.25) is 0 Å². The van der Waals surface area contributed by atoms with Crippen LogP contribution < -0.4 is 0 Å². The topological polar surface area (TPSA) is 141 Å². The molecule has 0 amide bonds. The van der Waals surface area contributed by atoms with Crippen molar-refractivity contribution in [3.05, 3.63) is 0 Å². The average Bonchev–Trinajstić information content (AvgIpc) is 2.50. The van der Waals surface area contributed by atoms with E-state index in [1.165, 1.54) is 0 Å². The first-order valence-electron chi connectivity index (χ1n) is 7.47. The van der Waals surface area contributed by atoms with Crippen LogP contribution in [0.15, 0.2) is 0 Å². The Balaban J connectivity index is 3.46. The van der Waals surface area contributed by atoms with E-state index in [4.69, 9.17) is 23.7 Å². The third kappa shape index (κ3) is 4.91. The predicted molar refractivity (Wildman–Crippen MR) is 79.1 cm³/mol. The first-order chi connectivity index (χ1) is 12.0. The van der Waals surface area contributed by atoms with E-state index in [1.54, 1.807) is 0 Å². The maximum absolute atomic E-state index is 12.3. The second-order valence-electron chi connectivity index (χ2n) is 5.32. The van der Waals surface area contributed by atoms with Gasteiger partial charge in [0.25, 0.3) is 0 Å². The molecule has 1 saturated heterocycles. The lowest BCUT2D eigenvalue weighted by atomic mass is 9.95. The molecular weight excluding hydrogens is 356 g/mol. The van der Waals surface area contributed by atoms with Crippen LogP contribution in [-0.2, 0) is 52.4 Å². The first-order valence-corrected chi connectivity index (χ1v) is 7.47. The van der Waals surface area contributed by atoms with Crippen LogP contribution in [0, 0.1) is 0 Å². The minimum atomic E-state index is -2.54. The molecule has 0 radical (unpaired) electrons. The molecule has 1 aliphatic heterocycles. The van der Waals surface area contributed by atoms with Crippen molar-refractivity contribution in [2.24, 2.45) is 0 Å². The van der Waals surface area contributed by atoms with Gasteiger partial charge in [-0.3, -0.25) is 19.2 Å². The molecule has 0 aromatic rings. The fourth-order valence-corrected chi connectivity index (χ4v) is 2.42. The largest absolute Gasteiger partial charge is 0.464 e. The zero-order valence-electron chi connectivity index (χ0n) is 14.9. The molecule has 1 heterocycles. The Morgan fingerprint density at radius 1 is 0.846 bits per heavy atom. The van der Waals surface area contributed by atoms with Crippen molar-refractivity contribution in [3.8, 4) is 0 Å². The van der Waals surface area contributed by atoms with Gasteiger partial charge in [0.1, 0.15) is 0 Å². The second kappa shape index (κ2) is 8.61. The van der Waals surface area contributed by atoms with Crippen LogP contribution in [0.4, 0.5) is 0 Å². The van der Waals surface area contributed by atoms with E-state index >= 15 is 0 Å². The summed E-state index contributed by atoms with van der Waals surface area (Å²) in [5.74, 6) is -7.18. The summed E-state index contributed by atoms with van der Waals surface area (Å²) in [5.41, 5.74) is 0. The van der Waals surface area contributed by atoms with Crippen molar-refractivity contribution in [2.75, 3.05) is 13.7 Å². The summed E-state index contributed by atoms with van der Waals surface area (Å²) in [6.07, 6.45) is -4.50. The van der Waals surface area contributed by atoms with Crippen molar-refractivity contribution in [3.63, 3.8) is 0 Å². The van der Waals surface area contributed by atoms with Gasteiger partial charge in [0.2, 0.25) is 6.10 Å². The third-order valence-corrected chi connectivity index (χ3v) is 3.18. The van der Waals surface area contributed by atoms with Gasteiger partial charge in [-0.1, -0.05) is 0 Å². The van der Waals surface area contributed by atoms with Gasteiger partial charge in [0, 0.05) is 27.7 Å². The van der Waals surface area contributed by atoms with Crippen LogP contribution in [0.1, 0.15) is 27.7 Å². The number of rotatable bonds is 5. The number of carbonyl (C=O) groups is 5. The van der Waals surface area contributed by atoms with Crippen molar-refractivity contribution in [1.29, 1.82) is 0 Å². The molecule has 0 N–H and O–H groups in total. The molecule has 26 heavy (non-hydrogen) atoms. The van der Waals surface area contributed by atoms with Crippen molar-refractivity contribution in [2.45, 2.75) is 51.8 Å². The SMILES string of the molecule is COC(=O)C1(OC(C)=O)OC[C@H](OC(C)=O)[C@H](OC(C)=O)[C@H]1OC(C)=O. The van der Waals surface area contributed by atoms with E-state index in [0.717, 1.165) is 34.8 Å². The van der Waals surface area contributed by atoms with Gasteiger partial charge in [-0.15, -0.1) is 0 Å². The Labute approximate surface area is 148 Å². The number of esters is 5. The van der Waals surface area contributed by atoms with Gasteiger partial charge in [-0.25, -0.2) is 4.79 Å². The highest BCUT2D eigenvalue weighted by molar-refractivity contribution is 5.83. The minimum absolute atomic E-state index is 0.502. The van der Waals surface area contributed by atoms with Gasteiger partial charge in [-0.2, -0.15) is 0 Å². The predicted octanol–water partition coefficient (Wildman–Crippen LogP) is -0.756. The van der Waals surface area contributed by atoms with E-state index in [-0.39, 0.29) is 0 Å². The summed E-state index contributed by atoms with van der Waals surface area (Å²) in [5, 5.41) is 0. The van der Waals surface area contributed by atoms with Crippen LogP contribution >= 0.6 is 0 Å². The van der Waals surface area contributed by atoms with Gasteiger partial charge < -0.3 is 28.4 Å². The molecule has 0 bridgehead atoms. The van der Waals surface area contributed by atoms with Gasteiger partial charge >= 0.3 is 35.6 Å². The van der Waals surface area contributed by atoms with Crippen LogP contribution in [0.3, 0.4) is 0 Å². The maximum atomic E-state index is 12.3. The summed E-state index contributed by atoms with van der Waals surface area (Å²) in [6, 6.07) is 0. The Morgan fingerprint density at radius 2 is 1.38 bits per heavy atom. The smallest absolute Gasteiger partial charge is 0.383 e. The molecule has 1 fully saturated rings. The first kappa shape index (κ1) is 21.4. The third-order valence-electron chi connectivity index (χ3n) is 3.18. The van der Waals surface area contributed by atoms with E-state index in [9.17, 15) is 24.0 Å². The molecule has 11 heteroatoms. The average molecular weight is 376 g/mol. The van der Waals surface area contributed by atoms with Gasteiger partial charge in [0.15, 0.2) is 12.2 Å². The van der Waals surface area contributed by atoms with Gasteiger partial charge in [-0.05, 0) is 0 Å². The number of hydrogen-bond donors (Lipinski definition) is 0. The Hall–Kier alpha value is -2.69. The fourth-order valence-electron chi connectivity index (χ4n) is 2.42. The van der Waals surface area contributed by atoms with Crippen LogP contribution in [-0.4, -0.2) is 67.7 Å². The summed E-state index contributed by atoms with van der Waals surface area (Å²) < 4.78 is 30.0. The normalized spacial score (nSPS) is 27.7. The Morgan fingerprint density at radius 3 is 1.81 bits per heavy atom. The van der Waals surface area contributed by atoms with Gasteiger partial charge in [0.05, 0.1) is 13.7 Å². The number of ether oxygens (including phenoxy) is 6. The molecule has 11 nitrogen and oxygen atoms in total. The molecule has 0 aliphatic carbocycles. The fraction of sp³-hybridized carbons (Fsp3) is 0.667. The molecule has 146 valence electrons. The molecule has 1 aliphatic rings. The molecule has 0 saturated carbocycles. The summed E-state index contributed by atoms with van der Waals surface area (Å²) >= 11 is 0. The second-order valence-corrected chi connectivity index (χ2v) is 5.32. The minimum Gasteiger partial charge on any atom is -0.464 e. The molecule has 1 unspecified atom stereocenters. The quantitative estimate of drug-likeness (QED) is 0.442. The summed E-state index contributed by atoms with van der Waals surface area (Å²) in [7, 11) is 0.987. The highest BCUT2D eigenvalue weighted by Crippen LogP contribution is 2.34. The molecule has 0 spiro atoms. The van der Waals surface area contributed by atoms with Crippen LogP contribution in [0.25, 0.3) is 0 Å². The lowest BCUT2D eigenvalue weighted by molar-refractivity contribution is -0.321. The van der Waals surface area contributed by atoms with E-state index in [0.29, 0.717) is 0 Å². The standard InChI is InChI=1S/C15H20O11/c1-7(16)23-11-6-22-15(14(20)21-5,26-10(4)19)13(25-9(3)18)12(11)24-8(2)17/h11-13H,6H2,1-5H3/t11-,12-,13+,15?/m0/s1. The zero-order valence-corrected chi connectivity index (χ0v) is 14.9. The van der Waals surface area contributed by atoms with E-state index < -0.39 is 60.6 Å². The summed E-state index contributed by atoms with van der Waals surface area (Å²) in [4.78, 5) is 58.1. The zero-order chi connectivity index (χ0) is 20.1. The van der Waals surface area contributed by atoms with Crippen molar-refractivity contribution in [1.82, 2.24) is 0 Å². The Bertz CT molecular complexity index is 598. The highest BCUT2D eigenvalue weighted by atomic mass is 16.8. The lowest BCUT2D eigenvalue weighted by Gasteiger charge is -2.44. The molecule has 0 aromatic carbocycles. The lowest BCUT2D eigenvalue weighted by Crippen LogP contribution is -2.68. The monoisotopic (exact) mass is 376 g/mol. The van der Waals surface area contributed by atoms with Crippen LogP contribution in [0.5, 0.6) is 0 Å². The molecular formula is C15H20O11. The molecule has 4 atom stereocenters.